The molecule has 0 bridgehead atoms. The molecule has 0 radical (unpaired) electrons. The maximum absolute atomic E-state index is 10.9. The molecule has 0 aliphatic heterocycles. The Morgan fingerprint density at radius 1 is 1.47 bits per heavy atom. The fourth-order valence-electron chi connectivity index (χ4n) is 1.16. The van der Waals surface area contributed by atoms with E-state index in [0.29, 0.717) is 6.42 Å². The van der Waals surface area contributed by atoms with Crippen molar-refractivity contribution in [1.82, 2.24) is 0 Å². The molecule has 0 spiro atoms. The molecule has 5 heteroatoms. The van der Waals surface area contributed by atoms with Gasteiger partial charge in [-0.3, -0.25) is 0 Å². The molecule has 0 aliphatic carbocycles. The van der Waals surface area contributed by atoms with Gasteiger partial charge in [0.15, 0.2) is 0 Å². The Balaban J connectivity index is 2.60. The van der Waals surface area contributed by atoms with Gasteiger partial charge in [-0.1, -0.05) is 12.1 Å². The summed E-state index contributed by atoms with van der Waals surface area (Å²) in [4.78, 5) is 10.9. The minimum atomic E-state index is -0.740. The number of ether oxygens (including phenoxy) is 1. The lowest BCUT2D eigenvalue weighted by molar-refractivity contribution is -0.135. The van der Waals surface area contributed by atoms with Gasteiger partial charge in [-0.25, -0.2) is 4.79 Å². The second-order valence-corrected chi connectivity index (χ2v) is 3.21. The van der Waals surface area contributed by atoms with E-state index in [1.54, 1.807) is 19.2 Å². The number of halogens is 1. The molecule has 4 nitrogen and oxygen atoms in total. The predicted octanol–water partition coefficient (Wildman–Crippen LogP) is 1.26. The largest absolute Gasteiger partial charge is 0.497 e. The second-order valence-electron chi connectivity index (χ2n) is 3.05. The number of nitrogens with two attached hydrogens (primary N) is 1. The van der Waals surface area contributed by atoms with E-state index in [-0.39, 0.29) is 0 Å². The number of carbonyl (C=O) groups is 1. The van der Waals surface area contributed by atoms with Gasteiger partial charge in [0.05, 0.1) is 7.11 Å². The Labute approximate surface area is 93.1 Å². The van der Waals surface area contributed by atoms with Crippen molar-refractivity contribution in [2.24, 2.45) is 5.73 Å². The Morgan fingerprint density at radius 3 is 2.53 bits per heavy atom. The number of hydrogen-bond donors (Lipinski definition) is 1. The molecular formula is C10H12ClNO3. The predicted molar refractivity (Wildman–Crippen MR) is 56.6 cm³/mol. The second kappa shape index (κ2) is 5.58. The summed E-state index contributed by atoms with van der Waals surface area (Å²) in [7, 11) is 1.59. The maximum Gasteiger partial charge on any atom is 0.341 e. The van der Waals surface area contributed by atoms with Crippen LogP contribution in [0.3, 0.4) is 0 Å². The number of rotatable bonds is 4. The Morgan fingerprint density at radius 2 is 2.07 bits per heavy atom. The summed E-state index contributed by atoms with van der Waals surface area (Å²) in [5.41, 5.74) is 6.46. The molecule has 0 amide bonds. The summed E-state index contributed by atoms with van der Waals surface area (Å²) >= 11 is 4.91. The van der Waals surface area contributed by atoms with Crippen LogP contribution in [0.2, 0.25) is 0 Å². The summed E-state index contributed by atoms with van der Waals surface area (Å²) in [5, 5.41) is 0. The summed E-state index contributed by atoms with van der Waals surface area (Å²) in [5.74, 6) is 0.125. The van der Waals surface area contributed by atoms with Gasteiger partial charge in [0.1, 0.15) is 23.7 Å². The standard InChI is InChI=1S/C10H12ClNO3/c1-14-8-4-2-7(3-5-8)6-9(12)10(13)15-11/h2-5,9H,6,12H2,1H3/t9-/m0/s1. The molecule has 0 saturated heterocycles. The Bertz CT molecular complexity index is 326. The van der Waals surface area contributed by atoms with E-state index in [2.05, 4.69) is 4.29 Å². The first kappa shape index (κ1) is 11.8. The summed E-state index contributed by atoms with van der Waals surface area (Å²) < 4.78 is 9.01. The third-order valence-electron chi connectivity index (χ3n) is 1.99. The molecule has 0 aliphatic rings. The van der Waals surface area contributed by atoms with Crippen LogP contribution < -0.4 is 10.5 Å². The van der Waals surface area contributed by atoms with Crippen molar-refractivity contribution >= 4 is 17.8 Å². The average Bonchev–Trinajstić information content (AvgIpc) is 2.29. The van der Waals surface area contributed by atoms with Crippen LogP contribution in [0.25, 0.3) is 0 Å². The summed E-state index contributed by atoms with van der Waals surface area (Å²) in [6, 6.07) is 6.53. The van der Waals surface area contributed by atoms with Crippen molar-refractivity contribution in [3.63, 3.8) is 0 Å². The Hall–Kier alpha value is -1.26. The topological polar surface area (TPSA) is 61.5 Å². The first-order chi connectivity index (χ1) is 7.17. The van der Waals surface area contributed by atoms with Crippen LogP contribution in [-0.4, -0.2) is 19.1 Å². The van der Waals surface area contributed by atoms with E-state index in [1.807, 2.05) is 12.1 Å². The van der Waals surface area contributed by atoms with Gasteiger partial charge in [-0.2, -0.15) is 0 Å². The molecule has 2 N–H and O–H groups in total. The normalized spacial score (nSPS) is 11.9. The van der Waals surface area contributed by atoms with Crippen LogP contribution >= 0.6 is 11.9 Å². The van der Waals surface area contributed by atoms with Crippen LogP contribution in [-0.2, 0) is 15.5 Å². The zero-order chi connectivity index (χ0) is 11.3. The lowest BCUT2D eigenvalue weighted by atomic mass is 10.1. The van der Waals surface area contributed by atoms with Crippen molar-refractivity contribution in [1.29, 1.82) is 0 Å². The highest BCUT2D eigenvalue weighted by Crippen LogP contribution is 2.12. The number of carbonyl (C=O) groups excluding carboxylic acids is 1. The van der Waals surface area contributed by atoms with Crippen LogP contribution in [0.4, 0.5) is 0 Å². The summed E-state index contributed by atoms with van der Waals surface area (Å²) in [6.07, 6.45) is 0.384. The fourth-order valence-corrected chi connectivity index (χ4v) is 1.27. The van der Waals surface area contributed by atoms with Crippen molar-refractivity contribution in [2.45, 2.75) is 12.5 Å². The van der Waals surface area contributed by atoms with Crippen molar-refractivity contribution in [2.75, 3.05) is 7.11 Å². The fraction of sp³-hybridized carbons (Fsp3) is 0.300. The van der Waals surface area contributed by atoms with Crippen molar-refractivity contribution < 1.29 is 13.8 Å². The van der Waals surface area contributed by atoms with Gasteiger partial charge in [-0.05, 0) is 24.1 Å². The molecule has 15 heavy (non-hydrogen) atoms. The minimum Gasteiger partial charge on any atom is -0.497 e. The number of benzene rings is 1. The molecule has 82 valence electrons. The SMILES string of the molecule is COc1ccc(C[C@H](N)C(=O)OCl)cc1. The first-order valence-corrected chi connectivity index (χ1v) is 4.69. The lowest BCUT2D eigenvalue weighted by Crippen LogP contribution is -2.32. The molecular weight excluding hydrogens is 218 g/mol. The first-order valence-electron chi connectivity index (χ1n) is 4.38. The quantitative estimate of drug-likeness (QED) is 0.845. The van der Waals surface area contributed by atoms with Crippen LogP contribution in [0.15, 0.2) is 24.3 Å². The summed E-state index contributed by atoms with van der Waals surface area (Å²) in [6.45, 7) is 0. The van der Waals surface area contributed by atoms with Crippen molar-refractivity contribution in [3.05, 3.63) is 29.8 Å². The average molecular weight is 230 g/mol. The monoisotopic (exact) mass is 229 g/mol. The third kappa shape index (κ3) is 3.42. The van der Waals surface area contributed by atoms with Crippen LogP contribution in [0.1, 0.15) is 5.56 Å². The van der Waals surface area contributed by atoms with E-state index in [9.17, 15) is 4.79 Å². The number of hydrogen-bond acceptors (Lipinski definition) is 4. The van der Waals surface area contributed by atoms with Gasteiger partial charge in [-0.15, -0.1) is 0 Å². The van der Waals surface area contributed by atoms with E-state index in [0.717, 1.165) is 11.3 Å². The zero-order valence-corrected chi connectivity index (χ0v) is 9.03. The molecule has 0 aromatic heterocycles. The minimum absolute atomic E-state index is 0.384. The van der Waals surface area contributed by atoms with Gasteiger partial charge in [0, 0.05) is 0 Å². The van der Waals surface area contributed by atoms with Crippen LogP contribution in [0, 0.1) is 0 Å². The molecule has 1 aromatic carbocycles. The van der Waals surface area contributed by atoms with Gasteiger partial charge in [0.25, 0.3) is 0 Å². The van der Waals surface area contributed by atoms with Crippen molar-refractivity contribution in [3.8, 4) is 5.75 Å². The maximum atomic E-state index is 10.9. The zero-order valence-electron chi connectivity index (χ0n) is 8.27. The highest BCUT2D eigenvalue weighted by Gasteiger charge is 2.15. The molecule has 1 aromatic rings. The van der Waals surface area contributed by atoms with E-state index >= 15 is 0 Å². The molecule has 0 heterocycles. The molecule has 0 saturated carbocycles. The van der Waals surface area contributed by atoms with Crippen LogP contribution in [0.5, 0.6) is 5.75 Å². The van der Waals surface area contributed by atoms with E-state index < -0.39 is 12.0 Å². The van der Waals surface area contributed by atoms with Gasteiger partial charge in [0.2, 0.25) is 0 Å². The Kier molecular flexibility index (Phi) is 4.39. The number of methoxy groups -OCH3 is 1. The third-order valence-corrected chi connectivity index (χ3v) is 2.15. The van der Waals surface area contributed by atoms with Gasteiger partial charge < -0.3 is 14.8 Å². The smallest absolute Gasteiger partial charge is 0.341 e. The molecule has 1 rings (SSSR count). The molecule has 0 fully saturated rings. The van der Waals surface area contributed by atoms with E-state index in [1.165, 1.54) is 0 Å². The molecule has 0 unspecified atom stereocenters. The highest BCUT2D eigenvalue weighted by atomic mass is 35.5. The van der Waals surface area contributed by atoms with Gasteiger partial charge >= 0.3 is 5.97 Å². The lowest BCUT2D eigenvalue weighted by Gasteiger charge is -2.08. The highest BCUT2D eigenvalue weighted by molar-refractivity contribution is 6.13. The molecule has 1 atom stereocenters. The van der Waals surface area contributed by atoms with E-state index in [4.69, 9.17) is 22.3 Å².